The Balaban J connectivity index is 0.000000163. The molecule has 14 rings (SSSR count). The molecule has 572 valence electrons. The van der Waals surface area contributed by atoms with Gasteiger partial charge in [-0.05, 0) is 207 Å². The number of halogens is 6. The van der Waals surface area contributed by atoms with Gasteiger partial charge in [0.05, 0.1) is 82.7 Å². The second-order valence-electron chi connectivity index (χ2n) is 28.4. The number of nitrogens with zero attached hydrogens (tertiary/aromatic N) is 8. The minimum Gasteiger partial charge on any atom is -0.399 e. The number of amides is 4. The molecule has 23 nitrogen and oxygen atoms in total. The van der Waals surface area contributed by atoms with Gasteiger partial charge in [0.1, 0.15) is 29.1 Å². The normalized spacial score (nSPS) is 22.7. The van der Waals surface area contributed by atoms with E-state index in [1.54, 1.807) is 12.1 Å². The number of rotatable bonds is 13. The Bertz CT molecular complexity index is 3530. The molecule has 104 heavy (non-hydrogen) atoms. The van der Waals surface area contributed by atoms with Crippen molar-refractivity contribution in [2.45, 2.75) is 129 Å². The standard InChI is InChI=1S/C27H37N5O3.C20H28BF3N2O3.C13H18IN3O2.C9H10FIN2O.C4H9NO.H2S/c1-3-20-6-8-32(17-20)27(33)29-22-5-4-19(2)24(16-22)21-14-25(28-23-7-11-35-18-23)30-26(15-21)31-9-12-34-13-10-31;1-13-6-7-15(10-16(13)21-28-18(2,3)19(4,5)29-21)25-17(27)26-9-8-14(12-26)11-20(22,23)24;14-10-7-12(15-11-1-4-19-9-11)16-13(8-10)17-2-5-18-6-3-17;10-8-5-7(11)6-9(12-8)13-1-3-14-4-2-13;5-4-1-2-6-3-4;/h4-5,14-16,20,23H,3,6-13,17-18H2,1-2H3,(H,28,30)(H,29,33);6-7,10,14H,8-9,11-12H2,1-5H3,(H,25,27);7-8,11H,1-6,9H2,(H,15,16);5-6H,1-4H2;4H,1-3,5H2;1H2/t20-,23+;14-;11-;;4-;/m100.0./s1. The molecule has 6 N–H and O–H groups in total. The second-order valence-corrected chi connectivity index (χ2v) is 30.9. The predicted molar refractivity (Wildman–Crippen MR) is 422 cm³/mol. The average Bonchev–Trinajstić information content (AvgIpc) is 1.61. The number of urea groups is 2. The molecule has 0 unspecified atom stereocenters. The lowest BCUT2D eigenvalue weighted by Crippen LogP contribution is -2.41. The molecule has 0 radical (unpaired) electrons. The zero-order valence-electron chi connectivity index (χ0n) is 60.9. The van der Waals surface area contributed by atoms with Crippen LogP contribution in [0.5, 0.6) is 0 Å². The molecule has 5 aromatic rings. The number of nitrogens with two attached hydrogens (primary N) is 1. The van der Waals surface area contributed by atoms with Gasteiger partial charge < -0.3 is 89.2 Å². The molecule has 3 aromatic heterocycles. The van der Waals surface area contributed by atoms with Crippen molar-refractivity contribution in [1.82, 2.24) is 24.8 Å². The van der Waals surface area contributed by atoms with E-state index in [9.17, 15) is 27.2 Å². The van der Waals surface area contributed by atoms with Crippen LogP contribution in [0.15, 0.2) is 72.8 Å². The quantitative estimate of drug-likeness (QED) is 0.0319. The van der Waals surface area contributed by atoms with Crippen LogP contribution in [-0.4, -0.2) is 224 Å². The van der Waals surface area contributed by atoms with Crippen molar-refractivity contribution in [3.8, 4) is 11.1 Å². The van der Waals surface area contributed by atoms with Gasteiger partial charge in [-0.3, -0.25) is 0 Å². The van der Waals surface area contributed by atoms with Crippen LogP contribution in [0.4, 0.5) is 67.6 Å². The third-order valence-electron chi connectivity index (χ3n) is 19.9. The van der Waals surface area contributed by atoms with Gasteiger partial charge in [0.15, 0.2) is 0 Å². The van der Waals surface area contributed by atoms with E-state index in [-0.39, 0.29) is 32.1 Å². The van der Waals surface area contributed by atoms with Crippen LogP contribution < -0.4 is 47.2 Å². The summed E-state index contributed by atoms with van der Waals surface area (Å²) in [5.74, 6) is 4.15. The first-order chi connectivity index (χ1) is 49.3. The average molecular weight is 1700 g/mol. The van der Waals surface area contributed by atoms with Crippen LogP contribution >= 0.6 is 58.7 Å². The number of aromatic nitrogens is 3. The molecule has 31 heteroatoms. The van der Waals surface area contributed by atoms with Gasteiger partial charge >= 0.3 is 25.4 Å². The van der Waals surface area contributed by atoms with Crippen molar-refractivity contribution in [2.75, 3.05) is 181 Å². The van der Waals surface area contributed by atoms with Gasteiger partial charge in [0.25, 0.3) is 0 Å². The monoisotopic (exact) mass is 1700 g/mol. The molecule has 12 heterocycles. The molecular formula is C73H104BF4I2N13O10S. The van der Waals surface area contributed by atoms with Gasteiger partial charge in [-0.15, -0.1) is 0 Å². The number of aryl methyl sites for hydroxylation is 2. The maximum Gasteiger partial charge on any atom is 0.495 e. The maximum atomic E-state index is 13.0. The lowest BCUT2D eigenvalue weighted by atomic mass is 9.76. The highest BCUT2D eigenvalue weighted by atomic mass is 127. The zero-order valence-corrected chi connectivity index (χ0v) is 66.2. The van der Waals surface area contributed by atoms with E-state index in [4.69, 9.17) is 53.4 Å². The Morgan fingerprint density at radius 3 is 1.49 bits per heavy atom. The van der Waals surface area contributed by atoms with E-state index < -0.39 is 48.8 Å². The van der Waals surface area contributed by atoms with Crippen LogP contribution in [0, 0.1) is 38.8 Å². The molecule has 4 amide bonds. The SMILES string of the molecule is CC[C@@H]1CCN(C(=O)Nc2ccc(C)c(-c3cc(N[C@H]4CCOC4)nc(N4CCOCC4)c3)c2)C1.Cc1ccc(NC(=O)N2CC[C@@H](CC(F)(F)F)C2)cc1B1OC(C)(C)C(C)(C)O1.Fc1cc(I)cc(N2CCOCC2)n1.Ic1cc(N[C@H]2CCOC2)nc(N2CCOCC2)c1.N[C@H]1CCOC1.S. The van der Waals surface area contributed by atoms with Gasteiger partial charge in [-0.1, -0.05) is 31.0 Å². The number of alkyl halides is 3. The summed E-state index contributed by atoms with van der Waals surface area (Å²) in [7, 11) is -0.556. The molecule has 9 aliphatic rings. The summed E-state index contributed by atoms with van der Waals surface area (Å²) in [6.07, 6.45) is 0.593. The van der Waals surface area contributed by atoms with Crippen LogP contribution in [0.3, 0.4) is 0 Å². The zero-order chi connectivity index (χ0) is 73.3. The van der Waals surface area contributed by atoms with Gasteiger partial charge in [-0.25, -0.2) is 24.5 Å². The van der Waals surface area contributed by atoms with Crippen molar-refractivity contribution >= 4 is 124 Å². The number of nitrogens with one attached hydrogen (secondary N) is 4. The molecule has 9 aliphatic heterocycles. The minimum atomic E-state index is -4.20. The summed E-state index contributed by atoms with van der Waals surface area (Å²) in [6, 6.07) is 24.0. The summed E-state index contributed by atoms with van der Waals surface area (Å²) in [5.41, 5.74) is 11.0. The molecule has 0 saturated carbocycles. The fourth-order valence-corrected chi connectivity index (χ4v) is 14.2. The molecule has 0 spiro atoms. The summed E-state index contributed by atoms with van der Waals surface area (Å²) in [4.78, 5) is 48.9. The first kappa shape index (κ1) is 82.7. The smallest absolute Gasteiger partial charge is 0.399 e. The number of ether oxygens (including phenoxy) is 6. The molecule has 9 saturated heterocycles. The molecular weight excluding hydrogens is 1590 g/mol. The first-order valence-electron chi connectivity index (χ1n) is 36.1. The molecule has 9 fully saturated rings. The number of hydrogen-bond donors (Lipinski definition) is 5. The molecule has 2 aromatic carbocycles. The lowest BCUT2D eigenvalue weighted by molar-refractivity contribution is -0.143. The number of likely N-dealkylation sites (tertiary alicyclic amines) is 2. The fraction of sp³-hybridized carbons (Fsp3) is 0.603. The van der Waals surface area contributed by atoms with Crippen LogP contribution in [-0.2, 0) is 37.7 Å². The highest BCUT2D eigenvalue weighted by Crippen LogP contribution is 2.38. The van der Waals surface area contributed by atoms with E-state index in [1.165, 1.54) is 14.5 Å². The number of morpholine rings is 3. The van der Waals surface area contributed by atoms with Crippen LogP contribution in [0.1, 0.15) is 90.7 Å². The fourth-order valence-electron chi connectivity index (χ4n) is 13.1. The Morgan fingerprint density at radius 2 is 1.03 bits per heavy atom. The van der Waals surface area contributed by atoms with E-state index in [0.29, 0.717) is 75.5 Å². The Kier molecular flexibility index (Phi) is 31.1. The third kappa shape index (κ3) is 24.6. The first-order valence-corrected chi connectivity index (χ1v) is 38.3. The number of anilines is 7. The topological polar surface area (TPSA) is 237 Å². The van der Waals surface area contributed by atoms with E-state index in [0.717, 1.165) is 191 Å². The summed E-state index contributed by atoms with van der Waals surface area (Å²) in [6.45, 7) is 30.4. The lowest BCUT2D eigenvalue weighted by Gasteiger charge is -2.32. The molecule has 5 atom stereocenters. The van der Waals surface area contributed by atoms with Gasteiger partial charge in [0, 0.05) is 122 Å². The van der Waals surface area contributed by atoms with Crippen LogP contribution in [0.2, 0.25) is 0 Å². The van der Waals surface area contributed by atoms with Crippen molar-refractivity contribution in [3.63, 3.8) is 0 Å². The highest BCUT2D eigenvalue weighted by molar-refractivity contribution is 14.1. The summed E-state index contributed by atoms with van der Waals surface area (Å²) < 4.78 is 97.1. The Labute approximate surface area is 644 Å². The van der Waals surface area contributed by atoms with Gasteiger partial charge in [-0.2, -0.15) is 31.1 Å². The maximum absolute atomic E-state index is 13.0. The number of carbonyl (C=O) groups is 2. The predicted octanol–water partition coefficient (Wildman–Crippen LogP) is 11.7. The number of benzene rings is 2. The van der Waals surface area contributed by atoms with Crippen molar-refractivity contribution < 1.29 is 64.9 Å². The minimum absolute atomic E-state index is 0. The third-order valence-corrected chi connectivity index (χ3v) is 21.2. The number of pyridine rings is 3. The molecule has 0 bridgehead atoms. The second kappa shape index (κ2) is 39.2. The number of hydrogen-bond acceptors (Lipinski definition) is 19. The van der Waals surface area contributed by atoms with Crippen molar-refractivity contribution in [3.05, 3.63) is 97.0 Å². The summed E-state index contributed by atoms with van der Waals surface area (Å²) in [5, 5.41) is 13.0. The van der Waals surface area contributed by atoms with Crippen LogP contribution in [0.25, 0.3) is 11.1 Å². The van der Waals surface area contributed by atoms with E-state index in [2.05, 4.69) is 131 Å². The largest absolute Gasteiger partial charge is 0.495 e. The van der Waals surface area contributed by atoms with E-state index in [1.807, 2.05) is 62.6 Å². The highest BCUT2D eigenvalue weighted by Gasteiger charge is 2.52. The van der Waals surface area contributed by atoms with E-state index >= 15 is 0 Å². The Morgan fingerprint density at radius 1 is 0.567 bits per heavy atom. The number of carbonyl (C=O) groups excluding carboxylic acids is 2. The van der Waals surface area contributed by atoms with Crippen molar-refractivity contribution in [2.24, 2.45) is 17.6 Å². The Hall–Kier alpha value is -5.34. The molecule has 0 aliphatic carbocycles. The van der Waals surface area contributed by atoms with Gasteiger partial charge in [0.2, 0.25) is 5.95 Å². The summed E-state index contributed by atoms with van der Waals surface area (Å²) >= 11 is 4.43. The van der Waals surface area contributed by atoms with Crippen molar-refractivity contribution in [1.29, 1.82) is 0 Å².